The van der Waals surface area contributed by atoms with Crippen LogP contribution >= 0.6 is 11.8 Å². The minimum Gasteiger partial charge on any atom is -0.315 e. The minimum absolute atomic E-state index is 0.684. The summed E-state index contributed by atoms with van der Waals surface area (Å²) in [6.07, 6.45) is 5.94. The van der Waals surface area contributed by atoms with Crippen LogP contribution in [0, 0.1) is 0 Å². The van der Waals surface area contributed by atoms with Crippen LogP contribution in [0.2, 0.25) is 0 Å². The quantitative estimate of drug-likeness (QED) is 0.597. The third-order valence-corrected chi connectivity index (χ3v) is 3.93. The third kappa shape index (κ3) is 6.77. The summed E-state index contributed by atoms with van der Waals surface area (Å²) in [4.78, 5) is 2.54. The van der Waals surface area contributed by atoms with Crippen molar-refractivity contribution >= 4 is 11.8 Å². The van der Waals surface area contributed by atoms with Crippen LogP contribution in [-0.4, -0.2) is 49.1 Å². The molecular formula is C13H30N2S. The van der Waals surface area contributed by atoms with E-state index in [0.29, 0.717) is 12.1 Å². The minimum atomic E-state index is 0.684. The zero-order valence-electron chi connectivity index (χ0n) is 11.8. The number of rotatable bonds is 10. The highest BCUT2D eigenvalue weighted by Gasteiger charge is 2.17. The van der Waals surface area contributed by atoms with E-state index in [9.17, 15) is 0 Å². The molecule has 3 heteroatoms. The highest BCUT2D eigenvalue weighted by molar-refractivity contribution is 7.98. The highest BCUT2D eigenvalue weighted by atomic mass is 32.2. The Labute approximate surface area is 107 Å². The van der Waals surface area contributed by atoms with Gasteiger partial charge in [-0.05, 0) is 51.8 Å². The molecular weight excluding hydrogens is 216 g/mol. The van der Waals surface area contributed by atoms with Crippen molar-refractivity contribution in [2.45, 2.75) is 52.1 Å². The molecule has 0 bridgehead atoms. The summed E-state index contributed by atoms with van der Waals surface area (Å²) in [5, 5.41) is 3.53. The monoisotopic (exact) mass is 246 g/mol. The van der Waals surface area contributed by atoms with E-state index in [-0.39, 0.29) is 0 Å². The molecule has 2 atom stereocenters. The summed E-state index contributed by atoms with van der Waals surface area (Å²) >= 11 is 1.95. The molecule has 0 spiro atoms. The normalized spacial score (nSPS) is 15.4. The number of nitrogens with zero attached hydrogens (tertiary/aromatic N) is 1. The molecule has 2 nitrogen and oxygen atoms in total. The first kappa shape index (κ1) is 16.3. The van der Waals surface area contributed by atoms with Crippen LogP contribution in [-0.2, 0) is 0 Å². The first-order valence-electron chi connectivity index (χ1n) is 6.58. The van der Waals surface area contributed by atoms with Gasteiger partial charge in [0.15, 0.2) is 0 Å². The van der Waals surface area contributed by atoms with Gasteiger partial charge in [-0.15, -0.1) is 0 Å². The van der Waals surface area contributed by atoms with Crippen LogP contribution in [0.4, 0.5) is 0 Å². The summed E-state index contributed by atoms with van der Waals surface area (Å²) in [7, 11) is 2.27. The Morgan fingerprint density at radius 3 is 2.50 bits per heavy atom. The van der Waals surface area contributed by atoms with Gasteiger partial charge in [-0.3, -0.25) is 4.90 Å². The van der Waals surface area contributed by atoms with Gasteiger partial charge < -0.3 is 5.32 Å². The van der Waals surface area contributed by atoms with Gasteiger partial charge in [-0.1, -0.05) is 13.8 Å². The van der Waals surface area contributed by atoms with Crippen molar-refractivity contribution in [2.75, 3.05) is 32.1 Å². The Balaban J connectivity index is 3.92. The van der Waals surface area contributed by atoms with Crippen LogP contribution in [0.25, 0.3) is 0 Å². The molecule has 16 heavy (non-hydrogen) atoms. The Kier molecular flexibility index (Phi) is 10.6. The van der Waals surface area contributed by atoms with Gasteiger partial charge in [-0.25, -0.2) is 0 Å². The maximum atomic E-state index is 3.53. The molecule has 0 heterocycles. The lowest BCUT2D eigenvalue weighted by Gasteiger charge is -2.33. The summed E-state index contributed by atoms with van der Waals surface area (Å²) in [6, 6.07) is 1.38. The van der Waals surface area contributed by atoms with E-state index < -0.39 is 0 Å². The average molecular weight is 246 g/mol. The maximum absolute atomic E-state index is 3.53. The van der Waals surface area contributed by atoms with Gasteiger partial charge in [-0.2, -0.15) is 11.8 Å². The number of thioether (sulfide) groups is 1. The Morgan fingerprint density at radius 1 is 1.31 bits per heavy atom. The van der Waals surface area contributed by atoms with Crippen molar-refractivity contribution in [3.05, 3.63) is 0 Å². The molecule has 0 fully saturated rings. The molecule has 0 aliphatic heterocycles. The van der Waals surface area contributed by atoms with Crippen molar-refractivity contribution in [3.8, 4) is 0 Å². The molecule has 98 valence electrons. The average Bonchev–Trinajstić information content (AvgIpc) is 2.31. The smallest absolute Gasteiger partial charge is 0.0217 e. The van der Waals surface area contributed by atoms with Crippen molar-refractivity contribution in [3.63, 3.8) is 0 Å². The van der Waals surface area contributed by atoms with Gasteiger partial charge in [0.25, 0.3) is 0 Å². The number of nitrogens with one attached hydrogen (secondary N) is 1. The summed E-state index contributed by atoms with van der Waals surface area (Å²) in [6.45, 7) is 9.13. The van der Waals surface area contributed by atoms with Crippen molar-refractivity contribution < 1.29 is 0 Å². The molecule has 0 aliphatic carbocycles. The topological polar surface area (TPSA) is 15.3 Å². The second-order valence-electron chi connectivity index (χ2n) is 4.56. The SMILES string of the molecule is CCCNCC(CC)N(C)C(C)CCSC. The second-order valence-corrected chi connectivity index (χ2v) is 5.55. The van der Waals surface area contributed by atoms with Gasteiger partial charge in [0, 0.05) is 18.6 Å². The molecule has 0 radical (unpaired) electrons. The molecule has 0 saturated carbocycles. The zero-order chi connectivity index (χ0) is 12.4. The number of likely N-dealkylation sites (N-methyl/N-ethyl adjacent to an activating group) is 1. The first-order valence-corrected chi connectivity index (χ1v) is 7.98. The van der Waals surface area contributed by atoms with E-state index in [1.165, 1.54) is 25.0 Å². The molecule has 0 rings (SSSR count). The molecule has 1 N–H and O–H groups in total. The van der Waals surface area contributed by atoms with Crippen LogP contribution in [0.5, 0.6) is 0 Å². The predicted molar refractivity (Wildman–Crippen MR) is 77.5 cm³/mol. The van der Waals surface area contributed by atoms with Crippen molar-refractivity contribution in [1.82, 2.24) is 10.2 Å². The standard InChI is InChI=1S/C13H30N2S/c1-6-9-14-11-13(7-2)15(4)12(3)8-10-16-5/h12-14H,6-11H2,1-5H3. The lowest BCUT2D eigenvalue weighted by atomic mass is 10.1. The van der Waals surface area contributed by atoms with Gasteiger partial charge in [0.2, 0.25) is 0 Å². The Bertz CT molecular complexity index is 153. The summed E-state index contributed by atoms with van der Waals surface area (Å²) in [5.74, 6) is 1.27. The van der Waals surface area contributed by atoms with Crippen LogP contribution < -0.4 is 5.32 Å². The highest BCUT2D eigenvalue weighted by Crippen LogP contribution is 2.11. The van der Waals surface area contributed by atoms with E-state index in [2.05, 4.69) is 44.3 Å². The lowest BCUT2D eigenvalue weighted by molar-refractivity contribution is 0.172. The van der Waals surface area contributed by atoms with Crippen molar-refractivity contribution in [1.29, 1.82) is 0 Å². The fraction of sp³-hybridized carbons (Fsp3) is 1.00. The number of hydrogen-bond donors (Lipinski definition) is 1. The van der Waals surface area contributed by atoms with Gasteiger partial charge >= 0.3 is 0 Å². The Hall–Kier alpha value is 0.270. The predicted octanol–water partition coefficient (Wildman–Crippen LogP) is 2.84. The zero-order valence-corrected chi connectivity index (χ0v) is 12.6. The summed E-state index contributed by atoms with van der Waals surface area (Å²) < 4.78 is 0. The third-order valence-electron chi connectivity index (χ3n) is 3.29. The van der Waals surface area contributed by atoms with Gasteiger partial charge in [0.1, 0.15) is 0 Å². The van der Waals surface area contributed by atoms with Crippen molar-refractivity contribution in [2.24, 2.45) is 0 Å². The molecule has 2 unspecified atom stereocenters. The molecule has 0 aromatic heterocycles. The molecule has 0 saturated heterocycles. The second kappa shape index (κ2) is 10.4. The fourth-order valence-electron chi connectivity index (χ4n) is 1.87. The molecule has 0 amide bonds. The van der Waals surface area contributed by atoms with Gasteiger partial charge in [0.05, 0.1) is 0 Å². The number of hydrogen-bond acceptors (Lipinski definition) is 3. The first-order chi connectivity index (χ1) is 7.67. The van der Waals surface area contributed by atoms with E-state index in [4.69, 9.17) is 0 Å². The fourth-order valence-corrected chi connectivity index (χ4v) is 2.45. The Morgan fingerprint density at radius 2 is 2.00 bits per heavy atom. The molecule has 0 aliphatic rings. The maximum Gasteiger partial charge on any atom is 0.0217 e. The van der Waals surface area contributed by atoms with Crippen LogP contribution in [0.15, 0.2) is 0 Å². The van der Waals surface area contributed by atoms with E-state index in [1.807, 2.05) is 11.8 Å². The van der Waals surface area contributed by atoms with E-state index >= 15 is 0 Å². The van der Waals surface area contributed by atoms with E-state index in [1.54, 1.807) is 0 Å². The van der Waals surface area contributed by atoms with Crippen LogP contribution in [0.3, 0.4) is 0 Å². The van der Waals surface area contributed by atoms with E-state index in [0.717, 1.165) is 13.1 Å². The molecule has 0 aromatic rings. The molecule has 0 aromatic carbocycles. The lowest BCUT2D eigenvalue weighted by Crippen LogP contribution is -2.44. The van der Waals surface area contributed by atoms with Crippen LogP contribution in [0.1, 0.15) is 40.0 Å². The summed E-state index contributed by atoms with van der Waals surface area (Å²) in [5.41, 5.74) is 0. The largest absolute Gasteiger partial charge is 0.315 e.